The molecule has 0 aliphatic carbocycles. The van der Waals surface area contributed by atoms with Gasteiger partial charge in [0.25, 0.3) is 0 Å². The zero-order chi connectivity index (χ0) is 17.0. The number of halogens is 1. The van der Waals surface area contributed by atoms with Crippen LogP contribution in [0.15, 0.2) is 35.3 Å². The second kappa shape index (κ2) is 7.77. The van der Waals surface area contributed by atoms with Crippen molar-refractivity contribution in [2.45, 2.75) is 32.6 Å². The maximum Gasteiger partial charge on any atom is 0.245 e. The zero-order valence-electron chi connectivity index (χ0n) is 13.6. The summed E-state index contributed by atoms with van der Waals surface area (Å²) < 4.78 is 1.01. The number of carbonyl (C=O) groups is 2. The van der Waals surface area contributed by atoms with Gasteiger partial charge in [-0.1, -0.05) is 36.4 Å². The Kier molecular flexibility index (Phi) is 5.99. The summed E-state index contributed by atoms with van der Waals surface area (Å²) >= 11 is 3.48. The minimum Gasteiger partial charge on any atom is -0.339 e. The van der Waals surface area contributed by atoms with Crippen LogP contribution >= 0.6 is 15.9 Å². The second-order valence-electron chi connectivity index (χ2n) is 6.18. The highest BCUT2D eigenvalue weighted by molar-refractivity contribution is 9.10. The van der Waals surface area contributed by atoms with Gasteiger partial charge in [-0.3, -0.25) is 9.59 Å². The quantitative estimate of drug-likeness (QED) is 0.806. The molecule has 1 aromatic rings. The molecule has 124 valence electrons. The Labute approximate surface area is 146 Å². The van der Waals surface area contributed by atoms with Gasteiger partial charge in [0.1, 0.15) is 0 Å². The summed E-state index contributed by atoms with van der Waals surface area (Å²) in [6, 6.07) is 5.92. The molecule has 2 rings (SSSR count). The fraction of sp³-hybridized carbons (Fsp3) is 0.444. The molecule has 1 aliphatic heterocycles. The van der Waals surface area contributed by atoms with E-state index in [9.17, 15) is 9.59 Å². The molecule has 0 atom stereocenters. The van der Waals surface area contributed by atoms with Crippen molar-refractivity contribution in [3.8, 4) is 0 Å². The van der Waals surface area contributed by atoms with E-state index in [-0.39, 0.29) is 17.7 Å². The van der Waals surface area contributed by atoms with Crippen LogP contribution in [0.1, 0.15) is 38.2 Å². The molecule has 1 fully saturated rings. The molecule has 0 radical (unpaired) electrons. The Morgan fingerprint density at radius 2 is 2.00 bits per heavy atom. The summed E-state index contributed by atoms with van der Waals surface area (Å²) in [5.41, 5.74) is 1.99. The minimum absolute atomic E-state index is 0.0416. The first-order valence-electron chi connectivity index (χ1n) is 7.94. The van der Waals surface area contributed by atoms with Crippen LogP contribution in [0.5, 0.6) is 0 Å². The third-order valence-electron chi connectivity index (χ3n) is 4.25. The molecule has 1 saturated heterocycles. The number of rotatable bonds is 4. The predicted molar refractivity (Wildman–Crippen MR) is 96.4 cm³/mol. The number of anilines is 1. The van der Waals surface area contributed by atoms with Crippen molar-refractivity contribution in [2.24, 2.45) is 5.92 Å². The van der Waals surface area contributed by atoms with Crippen LogP contribution in [-0.2, 0) is 9.59 Å². The summed E-state index contributed by atoms with van der Waals surface area (Å²) in [4.78, 5) is 25.9. The van der Waals surface area contributed by atoms with E-state index in [1.807, 2.05) is 18.2 Å². The van der Waals surface area contributed by atoms with Gasteiger partial charge in [0.2, 0.25) is 11.8 Å². The van der Waals surface area contributed by atoms with Crippen LogP contribution in [0.2, 0.25) is 0 Å². The Balaban J connectivity index is 2.01. The SMILES string of the molecule is C=CC(=O)N1CCC(C(=O)Nc2ccc(Br)cc2C(C)C)CC1. The summed E-state index contributed by atoms with van der Waals surface area (Å²) in [5.74, 6) is 0.265. The topological polar surface area (TPSA) is 49.4 Å². The minimum atomic E-state index is -0.0566. The van der Waals surface area contributed by atoms with Gasteiger partial charge in [-0.05, 0) is 48.6 Å². The Hall–Kier alpha value is -1.62. The van der Waals surface area contributed by atoms with E-state index >= 15 is 0 Å². The lowest BCUT2D eigenvalue weighted by Gasteiger charge is -2.30. The van der Waals surface area contributed by atoms with Crippen molar-refractivity contribution in [1.29, 1.82) is 0 Å². The van der Waals surface area contributed by atoms with Crippen molar-refractivity contribution < 1.29 is 9.59 Å². The van der Waals surface area contributed by atoms with Gasteiger partial charge in [0.05, 0.1) is 0 Å². The summed E-state index contributed by atoms with van der Waals surface area (Å²) in [5, 5.41) is 3.06. The van der Waals surface area contributed by atoms with Crippen molar-refractivity contribution in [3.05, 3.63) is 40.9 Å². The van der Waals surface area contributed by atoms with Gasteiger partial charge in [-0.2, -0.15) is 0 Å². The number of carbonyl (C=O) groups excluding carboxylic acids is 2. The monoisotopic (exact) mass is 378 g/mol. The van der Waals surface area contributed by atoms with Crippen LogP contribution in [0.3, 0.4) is 0 Å². The predicted octanol–water partition coefficient (Wildman–Crippen LogP) is 3.94. The van der Waals surface area contributed by atoms with E-state index in [1.165, 1.54) is 6.08 Å². The second-order valence-corrected chi connectivity index (χ2v) is 7.09. The standard InChI is InChI=1S/C18H23BrN2O2/c1-4-17(22)21-9-7-13(8-10-21)18(23)20-16-6-5-14(19)11-15(16)12(2)3/h4-6,11-13H,1,7-10H2,2-3H3,(H,20,23). The lowest BCUT2D eigenvalue weighted by Crippen LogP contribution is -2.40. The number of hydrogen-bond acceptors (Lipinski definition) is 2. The Morgan fingerprint density at radius 1 is 1.35 bits per heavy atom. The van der Waals surface area contributed by atoms with Crippen LogP contribution in [-0.4, -0.2) is 29.8 Å². The summed E-state index contributed by atoms with van der Waals surface area (Å²) in [6.07, 6.45) is 2.72. The lowest BCUT2D eigenvalue weighted by atomic mass is 9.95. The molecule has 2 amide bonds. The largest absolute Gasteiger partial charge is 0.339 e. The van der Waals surface area contributed by atoms with Crippen LogP contribution in [0.25, 0.3) is 0 Å². The fourth-order valence-electron chi connectivity index (χ4n) is 2.85. The molecule has 1 heterocycles. The third kappa shape index (κ3) is 4.44. The molecular weight excluding hydrogens is 356 g/mol. The smallest absolute Gasteiger partial charge is 0.245 e. The van der Waals surface area contributed by atoms with Gasteiger partial charge >= 0.3 is 0 Å². The molecular formula is C18H23BrN2O2. The lowest BCUT2D eigenvalue weighted by molar-refractivity contribution is -0.130. The summed E-state index contributed by atoms with van der Waals surface area (Å²) in [7, 11) is 0. The van der Waals surface area contributed by atoms with Gasteiger partial charge in [0, 0.05) is 29.2 Å². The highest BCUT2D eigenvalue weighted by atomic mass is 79.9. The molecule has 0 spiro atoms. The zero-order valence-corrected chi connectivity index (χ0v) is 15.2. The number of nitrogens with zero attached hydrogens (tertiary/aromatic N) is 1. The number of hydrogen-bond donors (Lipinski definition) is 1. The average molecular weight is 379 g/mol. The van der Waals surface area contributed by atoms with Crippen LogP contribution in [0, 0.1) is 5.92 Å². The number of likely N-dealkylation sites (tertiary alicyclic amines) is 1. The highest BCUT2D eigenvalue weighted by Crippen LogP contribution is 2.29. The van der Waals surface area contributed by atoms with Crippen molar-refractivity contribution in [1.82, 2.24) is 4.90 Å². The van der Waals surface area contributed by atoms with Gasteiger partial charge in [-0.15, -0.1) is 0 Å². The molecule has 4 nitrogen and oxygen atoms in total. The molecule has 0 unspecified atom stereocenters. The van der Waals surface area contributed by atoms with Crippen LogP contribution in [0.4, 0.5) is 5.69 Å². The molecule has 5 heteroatoms. The first-order valence-corrected chi connectivity index (χ1v) is 8.73. The molecule has 0 saturated carbocycles. The first kappa shape index (κ1) is 17.7. The number of nitrogens with one attached hydrogen (secondary N) is 1. The molecule has 1 N–H and O–H groups in total. The van der Waals surface area contributed by atoms with E-state index in [1.54, 1.807) is 4.90 Å². The van der Waals surface area contributed by atoms with E-state index in [0.29, 0.717) is 31.8 Å². The average Bonchev–Trinajstić information content (AvgIpc) is 2.55. The number of piperidine rings is 1. The van der Waals surface area contributed by atoms with E-state index < -0.39 is 0 Å². The molecule has 0 aromatic heterocycles. The van der Waals surface area contributed by atoms with E-state index in [2.05, 4.69) is 41.7 Å². The molecule has 23 heavy (non-hydrogen) atoms. The first-order chi connectivity index (χ1) is 10.9. The molecule has 1 aromatic carbocycles. The van der Waals surface area contributed by atoms with E-state index in [0.717, 1.165) is 15.7 Å². The van der Waals surface area contributed by atoms with Gasteiger partial charge < -0.3 is 10.2 Å². The normalized spacial score (nSPS) is 15.6. The van der Waals surface area contributed by atoms with Crippen molar-refractivity contribution in [2.75, 3.05) is 18.4 Å². The Bertz CT molecular complexity index is 605. The molecule has 0 bridgehead atoms. The number of benzene rings is 1. The van der Waals surface area contributed by atoms with Crippen molar-refractivity contribution >= 4 is 33.4 Å². The fourth-order valence-corrected chi connectivity index (χ4v) is 3.23. The highest BCUT2D eigenvalue weighted by Gasteiger charge is 2.27. The van der Waals surface area contributed by atoms with Gasteiger partial charge in [0.15, 0.2) is 0 Å². The number of amides is 2. The van der Waals surface area contributed by atoms with Crippen LogP contribution < -0.4 is 5.32 Å². The Morgan fingerprint density at radius 3 is 2.57 bits per heavy atom. The van der Waals surface area contributed by atoms with E-state index in [4.69, 9.17) is 0 Å². The van der Waals surface area contributed by atoms with Crippen molar-refractivity contribution in [3.63, 3.8) is 0 Å². The maximum atomic E-state index is 12.5. The maximum absolute atomic E-state index is 12.5. The van der Waals surface area contributed by atoms with Gasteiger partial charge in [-0.25, -0.2) is 0 Å². The summed E-state index contributed by atoms with van der Waals surface area (Å²) in [6.45, 7) is 8.94. The molecule has 1 aliphatic rings. The third-order valence-corrected chi connectivity index (χ3v) is 4.74.